The van der Waals surface area contributed by atoms with Crippen molar-refractivity contribution < 1.29 is 18.0 Å². The summed E-state index contributed by atoms with van der Waals surface area (Å²) in [5.74, 6) is 5.12. The van der Waals surface area contributed by atoms with Gasteiger partial charge in [0.2, 0.25) is 0 Å². The van der Waals surface area contributed by atoms with Crippen molar-refractivity contribution in [2.24, 2.45) is 5.73 Å². The van der Waals surface area contributed by atoms with Gasteiger partial charge in [-0.25, -0.2) is 0 Å². The van der Waals surface area contributed by atoms with Gasteiger partial charge in [0.15, 0.2) is 6.29 Å². The quantitative estimate of drug-likeness (QED) is 0.637. The molecule has 1 rings (SSSR count). The minimum atomic E-state index is -4.44. The Bertz CT molecular complexity index is 469. The maximum atomic E-state index is 12.4. The average Bonchev–Trinajstić information content (AvgIpc) is 2.28. The van der Waals surface area contributed by atoms with Gasteiger partial charge in [0, 0.05) is 24.1 Å². The van der Waals surface area contributed by atoms with Crippen LogP contribution in [0.25, 0.3) is 0 Å². The Morgan fingerprint density at radius 3 is 2.59 bits per heavy atom. The zero-order valence-electron chi connectivity index (χ0n) is 8.84. The molecule has 0 radical (unpaired) electrons. The van der Waals surface area contributed by atoms with Crippen LogP contribution in [0.15, 0.2) is 18.2 Å². The summed E-state index contributed by atoms with van der Waals surface area (Å²) < 4.78 is 37.3. The van der Waals surface area contributed by atoms with E-state index in [1.807, 2.05) is 0 Å². The van der Waals surface area contributed by atoms with Crippen LogP contribution in [0.2, 0.25) is 0 Å². The molecule has 90 valence electrons. The summed E-state index contributed by atoms with van der Waals surface area (Å²) in [5.41, 5.74) is 4.60. The van der Waals surface area contributed by atoms with Crippen molar-refractivity contribution in [3.05, 3.63) is 34.9 Å². The molecule has 0 heterocycles. The number of benzene rings is 1. The predicted octanol–water partition coefficient (Wildman–Crippen LogP) is 2.22. The fourth-order valence-electron chi connectivity index (χ4n) is 1.17. The van der Waals surface area contributed by atoms with Gasteiger partial charge in [-0.2, -0.15) is 13.2 Å². The molecule has 0 aliphatic rings. The van der Waals surface area contributed by atoms with Gasteiger partial charge in [-0.15, -0.1) is 0 Å². The molecule has 0 aromatic heterocycles. The van der Waals surface area contributed by atoms with Crippen LogP contribution in [0, 0.1) is 11.8 Å². The van der Waals surface area contributed by atoms with E-state index in [-0.39, 0.29) is 11.1 Å². The number of alkyl halides is 3. The molecular formula is C12H10F3NO. The Morgan fingerprint density at radius 1 is 1.35 bits per heavy atom. The van der Waals surface area contributed by atoms with Crippen molar-refractivity contribution in [1.29, 1.82) is 0 Å². The number of carbonyl (C=O) groups is 1. The van der Waals surface area contributed by atoms with Crippen molar-refractivity contribution in [2.45, 2.75) is 12.6 Å². The highest BCUT2D eigenvalue weighted by Gasteiger charge is 2.30. The van der Waals surface area contributed by atoms with Gasteiger partial charge >= 0.3 is 6.18 Å². The SMILES string of the molecule is NCCC#Cc1cc(C(F)(F)F)ccc1C=O. The third-order valence-corrected chi connectivity index (χ3v) is 2.00. The Labute approximate surface area is 96.6 Å². The van der Waals surface area contributed by atoms with E-state index < -0.39 is 11.7 Å². The summed E-state index contributed by atoms with van der Waals surface area (Å²) in [4.78, 5) is 10.6. The molecule has 0 aliphatic carbocycles. The number of carbonyl (C=O) groups excluding carboxylic acids is 1. The van der Waals surface area contributed by atoms with Crippen LogP contribution in [-0.2, 0) is 6.18 Å². The molecule has 0 spiro atoms. The molecule has 0 atom stereocenters. The molecule has 17 heavy (non-hydrogen) atoms. The highest BCUT2D eigenvalue weighted by molar-refractivity contribution is 5.79. The van der Waals surface area contributed by atoms with Gasteiger partial charge in [-0.3, -0.25) is 4.79 Å². The number of aldehydes is 1. The van der Waals surface area contributed by atoms with Crippen LogP contribution in [-0.4, -0.2) is 12.8 Å². The van der Waals surface area contributed by atoms with Gasteiger partial charge in [-0.1, -0.05) is 11.8 Å². The number of hydrogen-bond acceptors (Lipinski definition) is 2. The van der Waals surface area contributed by atoms with E-state index in [4.69, 9.17) is 5.73 Å². The van der Waals surface area contributed by atoms with Gasteiger partial charge < -0.3 is 5.73 Å². The fraction of sp³-hybridized carbons (Fsp3) is 0.250. The van der Waals surface area contributed by atoms with E-state index in [0.29, 0.717) is 19.3 Å². The van der Waals surface area contributed by atoms with Crippen LogP contribution in [0.4, 0.5) is 13.2 Å². The van der Waals surface area contributed by atoms with Crippen molar-refractivity contribution in [3.8, 4) is 11.8 Å². The summed E-state index contributed by atoms with van der Waals surface area (Å²) in [7, 11) is 0. The van der Waals surface area contributed by atoms with Crippen LogP contribution in [0.5, 0.6) is 0 Å². The first-order valence-electron chi connectivity index (χ1n) is 4.84. The molecule has 1 aromatic carbocycles. The molecule has 1 aromatic rings. The molecule has 0 saturated carbocycles. The smallest absolute Gasteiger partial charge is 0.330 e. The first kappa shape index (κ1) is 13.3. The third kappa shape index (κ3) is 3.61. The minimum Gasteiger partial charge on any atom is -0.330 e. The molecule has 0 bridgehead atoms. The second-order valence-electron chi connectivity index (χ2n) is 3.26. The van der Waals surface area contributed by atoms with E-state index in [9.17, 15) is 18.0 Å². The molecule has 0 unspecified atom stereocenters. The van der Waals surface area contributed by atoms with Gasteiger partial charge in [0.1, 0.15) is 0 Å². The van der Waals surface area contributed by atoms with E-state index in [0.717, 1.165) is 18.2 Å². The van der Waals surface area contributed by atoms with Crippen molar-refractivity contribution >= 4 is 6.29 Å². The van der Waals surface area contributed by atoms with Crippen LogP contribution in [0.1, 0.15) is 27.9 Å². The molecule has 0 amide bonds. The first-order chi connectivity index (χ1) is 7.99. The molecule has 5 heteroatoms. The Hall–Kier alpha value is -1.80. The minimum absolute atomic E-state index is 0.0725. The summed E-state index contributed by atoms with van der Waals surface area (Å²) in [5, 5.41) is 0. The molecule has 0 fully saturated rings. The first-order valence-corrected chi connectivity index (χ1v) is 4.84. The predicted molar refractivity (Wildman–Crippen MR) is 57.4 cm³/mol. The van der Waals surface area contributed by atoms with Crippen molar-refractivity contribution in [2.75, 3.05) is 6.54 Å². The van der Waals surface area contributed by atoms with Gasteiger partial charge in [0.05, 0.1) is 5.56 Å². The molecule has 0 saturated heterocycles. The Kier molecular flexibility index (Phi) is 4.30. The highest BCUT2D eigenvalue weighted by Crippen LogP contribution is 2.30. The third-order valence-electron chi connectivity index (χ3n) is 2.00. The Balaban J connectivity index is 3.17. The topological polar surface area (TPSA) is 43.1 Å². The zero-order chi connectivity index (χ0) is 12.9. The van der Waals surface area contributed by atoms with E-state index >= 15 is 0 Å². The van der Waals surface area contributed by atoms with Crippen LogP contribution < -0.4 is 5.73 Å². The van der Waals surface area contributed by atoms with Crippen LogP contribution in [0.3, 0.4) is 0 Å². The van der Waals surface area contributed by atoms with Crippen LogP contribution >= 0.6 is 0 Å². The standard InChI is InChI=1S/C12H10F3NO/c13-12(14,15)11-5-4-10(8-17)9(7-11)3-1-2-6-16/h4-5,7-8H,2,6,16H2. The molecule has 2 nitrogen and oxygen atoms in total. The zero-order valence-corrected chi connectivity index (χ0v) is 8.84. The van der Waals surface area contributed by atoms with Crippen molar-refractivity contribution in [1.82, 2.24) is 0 Å². The monoisotopic (exact) mass is 241 g/mol. The molecule has 0 aliphatic heterocycles. The van der Waals surface area contributed by atoms with E-state index in [2.05, 4.69) is 11.8 Å². The average molecular weight is 241 g/mol. The lowest BCUT2D eigenvalue weighted by molar-refractivity contribution is -0.137. The van der Waals surface area contributed by atoms with E-state index in [1.54, 1.807) is 0 Å². The van der Waals surface area contributed by atoms with Gasteiger partial charge in [-0.05, 0) is 18.2 Å². The molecule has 2 N–H and O–H groups in total. The second-order valence-corrected chi connectivity index (χ2v) is 3.26. The van der Waals surface area contributed by atoms with Gasteiger partial charge in [0.25, 0.3) is 0 Å². The lowest BCUT2D eigenvalue weighted by atomic mass is 10.0. The lowest BCUT2D eigenvalue weighted by Crippen LogP contribution is -2.06. The second kappa shape index (κ2) is 5.51. The fourth-order valence-corrected chi connectivity index (χ4v) is 1.17. The normalized spacial score (nSPS) is 10.6. The van der Waals surface area contributed by atoms with E-state index in [1.165, 1.54) is 0 Å². The lowest BCUT2D eigenvalue weighted by Gasteiger charge is -2.07. The summed E-state index contributed by atoms with van der Waals surface area (Å²) in [6.07, 6.45) is -3.59. The number of halogens is 3. The summed E-state index contributed by atoms with van der Waals surface area (Å²) in [6.45, 7) is 0.322. The summed E-state index contributed by atoms with van der Waals surface area (Å²) in [6, 6.07) is 2.84. The summed E-state index contributed by atoms with van der Waals surface area (Å²) >= 11 is 0. The highest BCUT2D eigenvalue weighted by atomic mass is 19.4. The number of rotatable bonds is 2. The number of nitrogens with two attached hydrogens (primary N) is 1. The largest absolute Gasteiger partial charge is 0.416 e. The maximum absolute atomic E-state index is 12.4. The van der Waals surface area contributed by atoms with Crippen molar-refractivity contribution in [3.63, 3.8) is 0 Å². The Morgan fingerprint density at radius 2 is 2.06 bits per heavy atom. The number of hydrogen-bond donors (Lipinski definition) is 1. The molecular weight excluding hydrogens is 231 g/mol. The maximum Gasteiger partial charge on any atom is 0.416 e.